The molecule has 0 aliphatic heterocycles. The van der Waals surface area contributed by atoms with E-state index in [2.05, 4.69) is 4.98 Å². The molecule has 2 rings (SSSR count). The first-order valence-electron chi connectivity index (χ1n) is 3.91. The maximum absolute atomic E-state index is 13.0. The summed E-state index contributed by atoms with van der Waals surface area (Å²) in [5.74, 6) is -0.493. The summed E-state index contributed by atoms with van der Waals surface area (Å²) in [6, 6.07) is 6.21. The third-order valence-corrected chi connectivity index (χ3v) is 2.59. The Bertz CT molecular complexity index is 485. The molecule has 4 heteroatoms. The van der Waals surface area contributed by atoms with Crippen molar-refractivity contribution >= 4 is 11.3 Å². The lowest BCUT2D eigenvalue weighted by atomic mass is 10.1. The molecule has 1 aromatic heterocycles. The van der Waals surface area contributed by atoms with Crippen molar-refractivity contribution in [2.75, 3.05) is 0 Å². The molecular weight excluding hydrogens is 199 g/mol. The van der Waals surface area contributed by atoms with Crippen molar-refractivity contribution < 1.29 is 4.39 Å². The van der Waals surface area contributed by atoms with E-state index in [1.54, 1.807) is 18.3 Å². The van der Waals surface area contributed by atoms with Gasteiger partial charge in [0.1, 0.15) is 16.9 Å². The van der Waals surface area contributed by atoms with Crippen LogP contribution in [0.15, 0.2) is 29.8 Å². The molecule has 0 aliphatic rings. The Morgan fingerprint density at radius 1 is 1.43 bits per heavy atom. The van der Waals surface area contributed by atoms with E-state index in [4.69, 9.17) is 5.26 Å². The number of hydrogen-bond acceptors (Lipinski definition) is 3. The van der Waals surface area contributed by atoms with E-state index in [9.17, 15) is 4.39 Å². The molecule has 0 radical (unpaired) electrons. The number of aromatic nitrogens is 1. The molecule has 0 fully saturated rings. The normalized spacial score (nSPS) is 9.71. The van der Waals surface area contributed by atoms with Gasteiger partial charge in [-0.1, -0.05) is 0 Å². The minimum absolute atomic E-state index is 0.0534. The first-order valence-corrected chi connectivity index (χ1v) is 4.79. The average Bonchev–Trinajstić information content (AvgIpc) is 2.71. The van der Waals surface area contributed by atoms with Crippen LogP contribution in [0.25, 0.3) is 10.6 Å². The molecule has 0 saturated heterocycles. The van der Waals surface area contributed by atoms with Gasteiger partial charge in [-0.05, 0) is 18.2 Å². The van der Waals surface area contributed by atoms with Gasteiger partial charge in [0.15, 0.2) is 0 Å². The zero-order valence-corrected chi connectivity index (χ0v) is 7.88. The van der Waals surface area contributed by atoms with Crippen molar-refractivity contribution in [3.63, 3.8) is 0 Å². The zero-order chi connectivity index (χ0) is 9.97. The summed E-state index contributed by atoms with van der Waals surface area (Å²) in [5.41, 5.74) is 0.829. The Morgan fingerprint density at radius 2 is 2.29 bits per heavy atom. The van der Waals surface area contributed by atoms with Gasteiger partial charge in [0.05, 0.1) is 5.56 Å². The summed E-state index contributed by atoms with van der Waals surface area (Å²) in [4.78, 5) is 4.08. The summed E-state index contributed by atoms with van der Waals surface area (Å²) in [6.07, 6.45) is 1.68. The van der Waals surface area contributed by atoms with E-state index in [0.717, 1.165) is 10.6 Å². The summed E-state index contributed by atoms with van der Waals surface area (Å²) in [7, 11) is 0. The summed E-state index contributed by atoms with van der Waals surface area (Å²) in [5, 5.41) is 11.3. The van der Waals surface area contributed by atoms with E-state index in [1.807, 2.05) is 5.38 Å². The maximum Gasteiger partial charge on any atom is 0.140 e. The number of thiazole rings is 1. The standard InChI is InChI=1S/C10H5FN2S/c11-9-2-1-7(5-8(9)6-12)10-13-3-4-14-10/h1-5H. The molecule has 68 valence electrons. The Morgan fingerprint density at radius 3 is 2.93 bits per heavy atom. The Labute approximate surface area is 84.3 Å². The first-order chi connectivity index (χ1) is 6.81. The highest BCUT2D eigenvalue weighted by Crippen LogP contribution is 2.23. The fourth-order valence-corrected chi connectivity index (χ4v) is 1.75. The van der Waals surface area contributed by atoms with Crippen molar-refractivity contribution in [3.8, 4) is 16.6 Å². The Kier molecular flexibility index (Phi) is 2.25. The molecule has 2 nitrogen and oxygen atoms in total. The summed E-state index contributed by atoms with van der Waals surface area (Å²) in [6.45, 7) is 0. The maximum atomic E-state index is 13.0. The number of nitriles is 1. The molecule has 0 amide bonds. The quantitative estimate of drug-likeness (QED) is 0.716. The van der Waals surface area contributed by atoms with Crippen LogP contribution in [0.4, 0.5) is 4.39 Å². The van der Waals surface area contributed by atoms with Crippen LogP contribution in [0.2, 0.25) is 0 Å². The van der Waals surface area contributed by atoms with E-state index in [1.165, 1.54) is 23.5 Å². The molecule has 1 heterocycles. The number of hydrogen-bond donors (Lipinski definition) is 0. The summed E-state index contributed by atoms with van der Waals surface area (Å²) < 4.78 is 13.0. The number of rotatable bonds is 1. The molecule has 1 aromatic carbocycles. The second-order valence-electron chi connectivity index (χ2n) is 2.64. The molecule has 0 unspecified atom stereocenters. The fourth-order valence-electron chi connectivity index (χ4n) is 1.11. The molecule has 0 bridgehead atoms. The fraction of sp³-hybridized carbons (Fsp3) is 0. The van der Waals surface area contributed by atoms with Crippen molar-refractivity contribution in [1.82, 2.24) is 4.98 Å². The van der Waals surface area contributed by atoms with Crippen LogP contribution >= 0.6 is 11.3 Å². The van der Waals surface area contributed by atoms with Crippen LogP contribution in [0.5, 0.6) is 0 Å². The second-order valence-corrected chi connectivity index (χ2v) is 3.54. The third kappa shape index (κ3) is 1.50. The number of benzene rings is 1. The van der Waals surface area contributed by atoms with Crippen LogP contribution in [0.3, 0.4) is 0 Å². The molecule has 2 aromatic rings. The second kappa shape index (κ2) is 3.56. The SMILES string of the molecule is N#Cc1cc(-c2nccs2)ccc1F. The minimum atomic E-state index is -0.493. The topological polar surface area (TPSA) is 36.7 Å². The molecule has 0 spiro atoms. The Balaban J connectivity index is 2.53. The lowest BCUT2D eigenvalue weighted by Crippen LogP contribution is -1.84. The lowest BCUT2D eigenvalue weighted by molar-refractivity contribution is 0.624. The van der Waals surface area contributed by atoms with E-state index >= 15 is 0 Å². The molecule has 0 atom stereocenters. The van der Waals surface area contributed by atoms with E-state index < -0.39 is 5.82 Å². The van der Waals surface area contributed by atoms with Gasteiger partial charge in [0, 0.05) is 17.1 Å². The van der Waals surface area contributed by atoms with E-state index in [0.29, 0.717) is 0 Å². The van der Waals surface area contributed by atoms with Gasteiger partial charge in [0.25, 0.3) is 0 Å². The van der Waals surface area contributed by atoms with Crippen LogP contribution in [0.1, 0.15) is 5.56 Å². The largest absolute Gasteiger partial charge is 0.245 e. The van der Waals surface area contributed by atoms with Crippen LogP contribution in [-0.2, 0) is 0 Å². The van der Waals surface area contributed by atoms with Gasteiger partial charge >= 0.3 is 0 Å². The molecular formula is C10H5FN2S. The first kappa shape index (κ1) is 8.85. The molecule has 0 N–H and O–H groups in total. The van der Waals surface area contributed by atoms with E-state index in [-0.39, 0.29) is 5.56 Å². The van der Waals surface area contributed by atoms with Gasteiger partial charge in [-0.2, -0.15) is 5.26 Å². The monoisotopic (exact) mass is 204 g/mol. The van der Waals surface area contributed by atoms with Crippen molar-refractivity contribution in [2.24, 2.45) is 0 Å². The van der Waals surface area contributed by atoms with Crippen molar-refractivity contribution in [3.05, 3.63) is 41.2 Å². The molecule has 0 aliphatic carbocycles. The number of halogens is 1. The molecule has 0 saturated carbocycles. The van der Waals surface area contributed by atoms with Crippen LogP contribution in [-0.4, -0.2) is 4.98 Å². The average molecular weight is 204 g/mol. The highest BCUT2D eigenvalue weighted by Gasteiger charge is 2.05. The number of nitrogens with zero attached hydrogens (tertiary/aromatic N) is 2. The molecule has 14 heavy (non-hydrogen) atoms. The van der Waals surface area contributed by atoms with Gasteiger partial charge in [0.2, 0.25) is 0 Å². The van der Waals surface area contributed by atoms with Crippen molar-refractivity contribution in [1.29, 1.82) is 5.26 Å². The van der Waals surface area contributed by atoms with Gasteiger partial charge in [-0.25, -0.2) is 9.37 Å². The summed E-state index contributed by atoms with van der Waals surface area (Å²) >= 11 is 1.46. The van der Waals surface area contributed by atoms with Gasteiger partial charge < -0.3 is 0 Å². The Hall–Kier alpha value is -1.73. The third-order valence-electron chi connectivity index (χ3n) is 1.77. The highest BCUT2D eigenvalue weighted by atomic mass is 32.1. The van der Waals surface area contributed by atoms with Crippen molar-refractivity contribution in [2.45, 2.75) is 0 Å². The van der Waals surface area contributed by atoms with Crippen LogP contribution < -0.4 is 0 Å². The zero-order valence-electron chi connectivity index (χ0n) is 7.07. The minimum Gasteiger partial charge on any atom is -0.245 e. The van der Waals surface area contributed by atoms with Gasteiger partial charge in [-0.3, -0.25) is 0 Å². The lowest BCUT2D eigenvalue weighted by Gasteiger charge is -1.97. The highest BCUT2D eigenvalue weighted by molar-refractivity contribution is 7.13. The predicted octanol–water partition coefficient (Wildman–Crippen LogP) is 2.82. The smallest absolute Gasteiger partial charge is 0.140 e. The predicted molar refractivity (Wildman–Crippen MR) is 52.2 cm³/mol. The van der Waals surface area contributed by atoms with Crippen LogP contribution in [0, 0.1) is 17.1 Å². The van der Waals surface area contributed by atoms with Gasteiger partial charge in [-0.15, -0.1) is 11.3 Å².